The van der Waals surface area contributed by atoms with Crippen molar-refractivity contribution in [2.45, 2.75) is 33.7 Å². The van der Waals surface area contributed by atoms with Crippen LogP contribution in [0.1, 0.15) is 31.4 Å². The Morgan fingerprint density at radius 2 is 2.00 bits per heavy atom. The van der Waals surface area contributed by atoms with E-state index in [2.05, 4.69) is 6.07 Å². The zero-order valence-corrected chi connectivity index (χ0v) is 10.7. The van der Waals surface area contributed by atoms with Gasteiger partial charge in [-0.1, -0.05) is 29.8 Å². The van der Waals surface area contributed by atoms with Crippen LogP contribution in [0, 0.1) is 6.92 Å². The summed E-state index contributed by atoms with van der Waals surface area (Å²) in [4.78, 5) is 24.4. The maximum Gasteiger partial charge on any atom is 0.230 e. The molecule has 1 aromatic rings. The Morgan fingerprint density at radius 1 is 1.29 bits per heavy atom. The number of carbonyl (C=O) groups is 2. The van der Waals surface area contributed by atoms with E-state index in [1.54, 1.807) is 4.90 Å². The molecule has 0 aliphatic rings. The molecular formula is C14H19NO2. The number of amides is 1. The highest BCUT2D eigenvalue weighted by atomic mass is 16.2. The number of hydrogen-bond acceptors (Lipinski definition) is 2. The molecule has 0 aliphatic heterocycles. The molecule has 0 aromatic heterocycles. The van der Waals surface area contributed by atoms with Crippen molar-refractivity contribution in [2.75, 3.05) is 6.54 Å². The number of ketones is 1. The van der Waals surface area contributed by atoms with Gasteiger partial charge in [-0.05, 0) is 26.3 Å². The molecule has 3 heteroatoms. The van der Waals surface area contributed by atoms with Crippen LogP contribution in [0.2, 0.25) is 0 Å². The van der Waals surface area contributed by atoms with Crippen LogP contribution in [0.5, 0.6) is 0 Å². The molecule has 0 saturated carbocycles. The number of hydrogen-bond donors (Lipinski definition) is 0. The van der Waals surface area contributed by atoms with Crippen molar-refractivity contribution in [3.63, 3.8) is 0 Å². The summed E-state index contributed by atoms with van der Waals surface area (Å²) in [7, 11) is 0. The molecule has 0 fully saturated rings. The minimum absolute atomic E-state index is 0.000342. The predicted octanol–water partition coefficient (Wildman–Crippen LogP) is 2.32. The Bertz CT molecular complexity index is 412. The van der Waals surface area contributed by atoms with Gasteiger partial charge in [0.25, 0.3) is 0 Å². The van der Waals surface area contributed by atoms with E-state index in [1.807, 2.05) is 32.0 Å². The van der Waals surface area contributed by atoms with Gasteiger partial charge in [-0.3, -0.25) is 9.59 Å². The highest BCUT2D eigenvalue weighted by Crippen LogP contribution is 2.08. The second-order valence-corrected chi connectivity index (χ2v) is 4.28. The molecule has 92 valence electrons. The topological polar surface area (TPSA) is 37.4 Å². The summed E-state index contributed by atoms with van der Waals surface area (Å²) in [6.07, 6.45) is -0.000342. The summed E-state index contributed by atoms with van der Waals surface area (Å²) in [5.41, 5.74) is 2.28. The molecule has 17 heavy (non-hydrogen) atoms. The zero-order valence-electron chi connectivity index (χ0n) is 10.7. The van der Waals surface area contributed by atoms with Crippen LogP contribution < -0.4 is 0 Å². The highest BCUT2D eigenvalue weighted by molar-refractivity contribution is 5.96. The normalized spacial score (nSPS) is 10.1. The van der Waals surface area contributed by atoms with Crippen LogP contribution in [-0.4, -0.2) is 23.1 Å². The molecule has 0 saturated heterocycles. The Labute approximate surface area is 102 Å². The summed E-state index contributed by atoms with van der Waals surface area (Å²) >= 11 is 0. The lowest BCUT2D eigenvalue weighted by molar-refractivity contribution is -0.135. The van der Waals surface area contributed by atoms with E-state index in [0.717, 1.165) is 5.56 Å². The number of Topliss-reactive ketones (excluding diaryl/α,β-unsaturated/α-hetero) is 1. The van der Waals surface area contributed by atoms with Gasteiger partial charge in [-0.2, -0.15) is 0 Å². The molecule has 1 amide bonds. The van der Waals surface area contributed by atoms with Crippen molar-refractivity contribution in [1.82, 2.24) is 4.90 Å². The molecule has 0 spiro atoms. The summed E-state index contributed by atoms with van der Waals surface area (Å²) in [6, 6.07) is 8.06. The van der Waals surface area contributed by atoms with Gasteiger partial charge in [0, 0.05) is 13.1 Å². The van der Waals surface area contributed by atoms with Crippen LogP contribution in [0.3, 0.4) is 0 Å². The minimum Gasteiger partial charge on any atom is -0.338 e. The number of carbonyl (C=O) groups excluding carboxylic acids is 2. The summed E-state index contributed by atoms with van der Waals surface area (Å²) < 4.78 is 0. The Balaban J connectivity index is 2.69. The van der Waals surface area contributed by atoms with Crippen molar-refractivity contribution in [2.24, 2.45) is 0 Å². The molecule has 0 aliphatic carbocycles. The average molecular weight is 233 g/mol. The van der Waals surface area contributed by atoms with Crippen LogP contribution >= 0.6 is 0 Å². The second-order valence-electron chi connectivity index (χ2n) is 4.28. The second kappa shape index (κ2) is 6.18. The molecule has 0 radical (unpaired) electrons. The summed E-state index contributed by atoms with van der Waals surface area (Å²) in [5, 5.41) is 0. The van der Waals surface area contributed by atoms with Gasteiger partial charge < -0.3 is 4.90 Å². The average Bonchev–Trinajstić information content (AvgIpc) is 2.24. The summed E-state index contributed by atoms with van der Waals surface area (Å²) in [5.74, 6) is -0.181. The number of rotatable bonds is 5. The molecule has 0 heterocycles. The third-order valence-electron chi connectivity index (χ3n) is 2.59. The highest BCUT2D eigenvalue weighted by Gasteiger charge is 2.13. The minimum atomic E-state index is -0.0958. The predicted molar refractivity (Wildman–Crippen MR) is 67.6 cm³/mol. The van der Waals surface area contributed by atoms with Crippen molar-refractivity contribution in [3.05, 3.63) is 35.4 Å². The first kappa shape index (κ1) is 13.4. The molecule has 0 bridgehead atoms. The van der Waals surface area contributed by atoms with E-state index >= 15 is 0 Å². The van der Waals surface area contributed by atoms with Crippen molar-refractivity contribution in [3.8, 4) is 0 Å². The lowest BCUT2D eigenvalue weighted by atomic mass is 10.1. The van der Waals surface area contributed by atoms with E-state index in [1.165, 1.54) is 12.5 Å². The van der Waals surface area contributed by atoms with Crippen molar-refractivity contribution >= 4 is 11.7 Å². The SMILES string of the molecule is CCN(Cc1cccc(C)c1)C(=O)CC(C)=O. The standard InChI is InChI=1S/C14H19NO2/c1-4-15(14(17)9-12(3)16)10-13-7-5-6-11(2)8-13/h5-8H,4,9-10H2,1-3H3. The molecule has 3 nitrogen and oxygen atoms in total. The lowest BCUT2D eigenvalue weighted by Gasteiger charge is -2.20. The van der Waals surface area contributed by atoms with E-state index in [4.69, 9.17) is 0 Å². The van der Waals surface area contributed by atoms with E-state index in [-0.39, 0.29) is 18.1 Å². The van der Waals surface area contributed by atoms with Crippen LogP contribution in [0.4, 0.5) is 0 Å². The monoisotopic (exact) mass is 233 g/mol. The van der Waals surface area contributed by atoms with Crippen molar-refractivity contribution < 1.29 is 9.59 Å². The smallest absolute Gasteiger partial charge is 0.230 e. The van der Waals surface area contributed by atoms with Gasteiger partial charge in [-0.25, -0.2) is 0 Å². The largest absolute Gasteiger partial charge is 0.338 e. The molecule has 1 aromatic carbocycles. The third-order valence-corrected chi connectivity index (χ3v) is 2.59. The van der Waals surface area contributed by atoms with Crippen LogP contribution in [0.25, 0.3) is 0 Å². The Hall–Kier alpha value is -1.64. The van der Waals surface area contributed by atoms with Gasteiger partial charge in [-0.15, -0.1) is 0 Å². The van der Waals surface area contributed by atoms with Gasteiger partial charge in [0.2, 0.25) is 5.91 Å². The van der Waals surface area contributed by atoms with E-state index < -0.39 is 0 Å². The third kappa shape index (κ3) is 4.39. The molecule has 1 rings (SSSR count). The zero-order chi connectivity index (χ0) is 12.8. The first-order valence-corrected chi connectivity index (χ1v) is 5.85. The fraction of sp³-hybridized carbons (Fsp3) is 0.429. The maximum absolute atomic E-state index is 11.8. The van der Waals surface area contributed by atoms with E-state index in [9.17, 15) is 9.59 Å². The Kier molecular flexibility index (Phi) is 4.88. The maximum atomic E-state index is 11.8. The quantitative estimate of drug-likeness (QED) is 0.732. The molecule has 0 atom stereocenters. The van der Waals surface area contributed by atoms with Crippen molar-refractivity contribution in [1.29, 1.82) is 0 Å². The first-order valence-electron chi connectivity index (χ1n) is 5.85. The number of nitrogens with zero attached hydrogens (tertiary/aromatic N) is 1. The molecule has 0 unspecified atom stereocenters. The van der Waals surface area contributed by atoms with Gasteiger partial charge in [0.15, 0.2) is 0 Å². The number of benzene rings is 1. The number of aryl methyl sites for hydroxylation is 1. The fourth-order valence-corrected chi connectivity index (χ4v) is 1.73. The first-order chi connectivity index (χ1) is 8.02. The van der Waals surface area contributed by atoms with Gasteiger partial charge >= 0.3 is 0 Å². The Morgan fingerprint density at radius 3 is 2.53 bits per heavy atom. The van der Waals surface area contributed by atoms with Crippen LogP contribution in [0.15, 0.2) is 24.3 Å². The summed E-state index contributed by atoms with van der Waals surface area (Å²) in [6.45, 7) is 6.59. The van der Waals surface area contributed by atoms with Gasteiger partial charge in [0.1, 0.15) is 5.78 Å². The van der Waals surface area contributed by atoms with E-state index in [0.29, 0.717) is 13.1 Å². The van der Waals surface area contributed by atoms with Crippen LogP contribution in [-0.2, 0) is 16.1 Å². The molecule has 0 N–H and O–H groups in total. The molecular weight excluding hydrogens is 214 g/mol. The lowest BCUT2D eigenvalue weighted by Crippen LogP contribution is -2.31. The van der Waals surface area contributed by atoms with Gasteiger partial charge in [0.05, 0.1) is 6.42 Å². The fourth-order valence-electron chi connectivity index (χ4n) is 1.73.